The van der Waals surface area contributed by atoms with Crippen LogP contribution >= 0.6 is 11.6 Å². The zero-order chi connectivity index (χ0) is 7.11. The maximum atomic E-state index is 5.59. The first-order valence-corrected chi connectivity index (χ1v) is 3.17. The quantitative estimate of drug-likeness (QED) is 0.409. The highest BCUT2D eigenvalue weighted by molar-refractivity contribution is 6.31. The van der Waals surface area contributed by atoms with E-state index in [1.54, 1.807) is 6.08 Å². The van der Waals surface area contributed by atoms with Crippen LogP contribution in [0.1, 0.15) is 13.3 Å². The van der Waals surface area contributed by atoms with Gasteiger partial charge < -0.3 is 0 Å². The van der Waals surface area contributed by atoms with E-state index in [2.05, 4.69) is 5.92 Å². The second-order valence-electron chi connectivity index (χ2n) is 1.51. The molecule has 0 spiro atoms. The van der Waals surface area contributed by atoms with Crippen molar-refractivity contribution >= 4 is 11.6 Å². The number of halogens is 1. The van der Waals surface area contributed by atoms with Crippen molar-refractivity contribution in [2.75, 3.05) is 0 Å². The number of hydrogen-bond acceptors (Lipinski definition) is 0. The monoisotopic (exact) mass is 140 g/mol. The molecule has 0 aliphatic carbocycles. The van der Waals surface area contributed by atoms with Crippen LogP contribution in [0, 0.1) is 12.3 Å². The van der Waals surface area contributed by atoms with Crippen molar-refractivity contribution in [2.45, 2.75) is 13.3 Å². The van der Waals surface area contributed by atoms with Crippen molar-refractivity contribution in [2.24, 2.45) is 0 Å². The molecule has 1 heteroatoms. The predicted molar refractivity (Wildman–Crippen MR) is 42.2 cm³/mol. The Balaban J connectivity index is 3.79. The van der Waals surface area contributed by atoms with E-state index >= 15 is 0 Å². The summed E-state index contributed by atoms with van der Waals surface area (Å²) in [6.45, 7) is 2.04. The fourth-order valence-electron chi connectivity index (χ4n) is 0.358. The first-order chi connectivity index (χ1) is 4.31. The number of rotatable bonds is 2. The van der Waals surface area contributed by atoms with E-state index in [0.717, 1.165) is 6.42 Å². The Morgan fingerprint density at radius 2 is 2.44 bits per heavy atom. The Morgan fingerprint density at radius 1 is 1.78 bits per heavy atom. The lowest BCUT2D eigenvalue weighted by atomic mass is 10.4. The molecule has 0 heterocycles. The average molecular weight is 141 g/mol. The van der Waals surface area contributed by atoms with Gasteiger partial charge in [-0.05, 0) is 12.5 Å². The van der Waals surface area contributed by atoms with Gasteiger partial charge in [0.2, 0.25) is 0 Å². The Kier molecular flexibility index (Phi) is 5.06. The number of hydrogen-bond donors (Lipinski definition) is 0. The van der Waals surface area contributed by atoms with E-state index in [0.29, 0.717) is 5.03 Å². The van der Waals surface area contributed by atoms with Crippen LogP contribution in [0.15, 0.2) is 23.3 Å². The Hall–Kier alpha value is -0.670. The minimum atomic E-state index is 0.611. The number of terminal acetylenes is 1. The second kappa shape index (κ2) is 5.47. The normalized spacial score (nSPS) is 11.9. The molecule has 9 heavy (non-hydrogen) atoms. The van der Waals surface area contributed by atoms with Gasteiger partial charge in [-0.3, -0.25) is 0 Å². The summed E-state index contributed by atoms with van der Waals surface area (Å²) in [4.78, 5) is 0. The molecule has 0 aliphatic heterocycles. The summed E-state index contributed by atoms with van der Waals surface area (Å²) in [6.07, 6.45) is 11.2. The fraction of sp³-hybridized carbons (Fsp3) is 0.250. The first kappa shape index (κ1) is 8.33. The molecule has 48 valence electrons. The summed E-state index contributed by atoms with van der Waals surface area (Å²) in [6, 6.07) is 0. The molecule has 0 saturated heterocycles. The molecule has 0 atom stereocenters. The molecule has 0 aliphatic rings. The highest BCUT2D eigenvalue weighted by Crippen LogP contribution is 2.01. The molecule has 0 amide bonds. The molecule has 0 rings (SSSR count). The van der Waals surface area contributed by atoms with Gasteiger partial charge in [-0.2, -0.15) is 0 Å². The van der Waals surface area contributed by atoms with Crippen LogP contribution in [0.2, 0.25) is 0 Å². The third-order valence-electron chi connectivity index (χ3n) is 0.734. The smallest absolute Gasteiger partial charge is 0.0486 e. The lowest BCUT2D eigenvalue weighted by Crippen LogP contribution is -1.60. The Bertz CT molecular complexity index is 158. The largest absolute Gasteiger partial charge is 0.115 e. The zero-order valence-corrected chi connectivity index (χ0v) is 6.15. The second-order valence-corrected chi connectivity index (χ2v) is 1.94. The van der Waals surface area contributed by atoms with E-state index in [4.69, 9.17) is 18.0 Å². The van der Waals surface area contributed by atoms with Crippen LogP contribution in [0.4, 0.5) is 0 Å². The van der Waals surface area contributed by atoms with E-state index in [-0.39, 0.29) is 0 Å². The lowest BCUT2D eigenvalue weighted by molar-refractivity contribution is 1.22. The van der Waals surface area contributed by atoms with Crippen LogP contribution < -0.4 is 0 Å². The summed E-state index contributed by atoms with van der Waals surface area (Å²) in [7, 11) is 0. The topological polar surface area (TPSA) is 0 Å². The van der Waals surface area contributed by atoms with Gasteiger partial charge in [-0.25, -0.2) is 0 Å². The van der Waals surface area contributed by atoms with E-state index in [1.807, 2.05) is 13.0 Å². The van der Waals surface area contributed by atoms with Crippen molar-refractivity contribution in [3.8, 4) is 12.3 Å². The molecule has 0 unspecified atom stereocenters. The van der Waals surface area contributed by atoms with Gasteiger partial charge in [0.15, 0.2) is 0 Å². The number of allylic oxidation sites excluding steroid dienone is 4. The molecule has 0 nitrogen and oxygen atoms in total. The average Bonchev–Trinajstić information content (AvgIpc) is 1.85. The lowest BCUT2D eigenvalue weighted by Gasteiger charge is -1.80. The van der Waals surface area contributed by atoms with Crippen LogP contribution in [0.3, 0.4) is 0 Å². The zero-order valence-electron chi connectivity index (χ0n) is 5.39. The highest BCUT2D eigenvalue weighted by atomic mass is 35.5. The van der Waals surface area contributed by atoms with Gasteiger partial charge in [0, 0.05) is 11.1 Å². The van der Waals surface area contributed by atoms with Gasteiger partial charge >= 0.3 is 0 Å². The van der Waals surface area contributed by atoms with E-state index in [1.165, 1.54) is 6.08 Å². The minimum Gasteiger partial charge on any atom is -0.115 e. The highest BCUT2D eigenvalue weighted by Gasteiger charge is 1.77. The molecular weight excluding hydrogens is 132 g/mol. The molecule has 0 radical (unpaired) electrons. The van der Waals surface area contributed by atoms with Crippen LogP contribution in [-0.4, -0.2) is 0 Å². The van der Waals surface area contributed by atoms with Crippen molar-refractivity contribution in [3.63, 3.8) is 0 Å². The minimum absolute atomic E-state index is 0.611. The maximum Gasteiger partial charge on any atom is 0.0486 e. The van der Waals surface area contributed by atoms with Crippen molar-refractivity contribution in [1.82, 2.24) is 0 Å². The van der Waals surface area contributed by atoms with Crippen molar-refractivity contribution < 1.29 is 0 Å². The molecule has 0 fully saturated rings. The maximum absolute atomic E-state index is 5.59. The SMILES string of the molecule is C#C/C=C(Cl)\C=C/CC. The molecule has 0 aromatic heterocycles. The molecule has 0 N–H and O–H groups in total. The summed E-state index contributed by atoms with van der Waals surface area (Å²) < 4.78 is 0. The Labute approximate surface area is 61.2 Å². The van der Waals surface area contributed by atoms with Crippen LogP contribution in [-0.2, 0) is 0 Å². The van der Waals surface area contributed by atoms with Gasteiger partial charge in [0.25, 0.3) is 0 Å². The molecule has 0 bridgehead atoms. The Morgan fingerprint density at radius 3 is 2.89 bits per heavy atom. The summed E-state index contributed by atoms with van der Waals surface area (Å²) in [5.41, 5.74) is 0. The molecule has 0 aromatic carbocycles. The fourth-order valence-corrected chi connectivity index (χ4v) is 0.510. The summed E-state index contributed by atoms with van der Waals surface area (Å²) in [5, 5.41) is 0.611. The summed E-state index contributed by atoms with van der Waals surface area (Å²) in [5.74, 6) is 2.33. The predicted octanol–water partition coefficient (Wildman–Crippen LogP) is 2.71. The van der Waals surface area contributed by atoms with Crippen molar-refractivity contribution in [1.29, 1.82) is 0 Å². The van der Waals surface area contributed by atoms with Gasteiger partial charge in [-0.15, -0.1) is 6.42 Å². The summed E-state index contributed by atoms with van der Waals surface area (Å²) >= 11 is 5.59. The third kappa shape index (κ3) is 5.20. The molecule has 0 saturated carbocycles. The third-order valence-corrected chi connectivity index (χ3v) is 0.969. The van der Waals surface area contributed by atoms with Crippen LogP contribution in [0.25, 0.3) is 0 Å². The van der Waals surface area contributed by atoms with Gasteiger partial charge in [-0.1, -0.05) is 30.5 Å². The first-order valence-electron chi connectivity index (χ1n) is 2.79. The molecule has 0 aromatic rings. The van der Waals surface area contributed by atoms with E-state index < -0.39 is 0 Å². The van der Waals surface area contributed by atoms with Gasteiger partial charge in [0.1, 0.15) is 0 Å². The van der Waals surface area contributed by atoms with E-state index in [9.17, 15) is 0 Å². The standard InChI is InChI=1S/C8H9Cl/c1-3-5-7-8(9)6-4-2/h2,5-7H,3H2,1H3/b7-5-,8-6+. The van der Waals surface area contributed by atoms with Gasteiger partial charge in [0.05, 0.1) is 0 Å². The van der Waals surface area contributed by atoms with Crippen LogP contribution in [0.5, 0.6) is 0 Å². The van der Waals surface area contributed by atoms with Crippen molar-refractivity contribution in [3.05, 3.63) is 23.3 Å². The molecular formula is C8H9Cl.